The van der Waals surface area contributed by atoms with Crippen molar-refractivity contribution in [3.63, 3.8) is 0 Å². The summed E-state index contributed by atoms with van der Waals surface area (Å²) in [6.45, 7) is 0.798. The minimum absolute atomic E-state index is 0.119. The fraction of sp³-hybridized carbons (Fsp3) is 0.250. The highest BCUT2D eigenvalue weighted by molar-refractivity contribution is 7.89. The Kier molecular flexibility index (Phi) is 4.12. The third kappa shape index (κ3) is 2.84. The van der Waals surface area contributed by atoms with Crippen molar-refractivity contribution in [2.75, 3.05) is 18.5 Å². The van der Waals surface area contributed by atoms with Gasteiger partial charge in [0.1, 0.15) is 4.90 Å². The summed E-state index contributed by atoms with van der Waals surface area (Å²) < 4.78 is 28.0. The molecule has 0 aliphatic carbocycles. The minimum atomic E-state index is -3.65. The zero-order valence-electron chi connectivity index (χ0n) is 12.2. The van der Waals surface area contributed by atoms with Crippen LogP contribution in [-0.4, -0.2) is 22.0 Å². The highest BCUT2D eigenvalue weighted by atomic mass is 35.5. The largest absolute Gasteiger partial charge is 0.374 e. The molecule has 0 saturated carbocycles. The van der Waals surface area contributed by atoms with Gasteiger partial charge in [0, 0.05) is 19.3 Å². The van der Waals surface area contributed by atoms with E-state index in [0.717, 1.165) is 24.2 Å². The standard InChI is InChI=1S/C16H17ClN2O2S/c1-19-11-10-14(12-6-2-4-8-15(12)19)18-22(20,21)16-9-5-3-7-13(16)17/h2-9,14,18H,10-11H2,1H3. The fourth-order valence-electron chi connectivity index (χ4n) is 2.76. The summed E-state index contributed by atoms with van der Waals surface area (Å²) in [7, 11) is -1.64. The third-order valence-corrected chi connectivity index (χ3v) is 5.87. The molecular formula is C16H17ClN2O2S. The first-order valence-corrected chi connectivity index (χ1v) is 8.92. The molecule has 0 fully saturated rings. The first kappa shape index (κ1) is 15.3. The van der Waals surface area contributed by atoms with E-state index in [9.17, 15) is 8.42 Å². The SMILES string of the molecule is CN1CCC(NS(=O)(=O)c2ccccc2Cl)c2ccccc21. The quantitative estimate of drug-likeness (QED) is 0.936. The second-order valence-corrected chi connectivity index (χ2v) is 7.46. The first-order chi connectivity index (χ1) is 10.5. The molecule has 116 valence electrons. The van der Waals surface area contributed by atoms with Crippen LogP contribution in [-0.2, 0) is 10.0 Å². The molecular weight excluding hydrogens is 320 g/mol. The molecule has 1 aliphatic heterocycles. The van der Waals surface area contributed by atoms with Gasteiger partial charge in [0.2, 0.25) is 10.0 Å². The van der Waals surface area contributed by atoms with Gasteiger partial charge in [-0.2, -0.15) is 0 Å². The van der Waals surface area contributed by atoms with Crippen molar-refractivity contribution in [2.45, 2.75) is 17.4 Å². The number of nitrogens with one attached hydrogen (secondary N) is 1. The lowest BCUT2D eigenvalue weighted by Crippen LogP contribution is -2.36. The van der Waals surface area contributed by atoms with Crippen molar-refractivity contribution in [1.29, 1.82) is 0 Å². The molecule has 0 radical (unpaired) electrons. The Morgan fingerprint density at radius 1 is 1.14 bits per heavy atom. The van der Waals surface area contributed by atoms with Gasteiger partial charge < -0.3 is 4.90 Å². The van der Waals surface area contributed by atoms with Gasteiger partial charge in [-0.25, -0.2) is 13.1 Å². The van der Waals surface area contributed by atoms with E-state index in [0.29, 0.717) is 0 Å². The van der Waals surface area contributed by atoms with Crippen LogP contribution in [0.1, 0.15) is 18.0 Å². The normalized spacial score (nSPS) is 18.1. The van der Waals surface area contributed by atoms with Crippen LogP contribution in [0.25, 0.3) is 0 Å². The van der Waals surface area contributed by atoms with Crippen molar-refractivity contribution in [3.8, 4) is 0 Å². The zero-order chi connectivity index (χ0) is 15.7. The highest BCUT2D eigenvalue weighted by Gasteiger charge is 2.28. The number of sulfonamides is 1. The van der Waals surface area contributed by atoms with Crippen molar-refractivity contribution in [2.24, 2.45) is 0 Å². The van der Waals surface area contributed by atoms with Crippen LogP contribution in [0.15, 0.2) is 53.4 Å². The van der Waals surface area contributed by atoms with E-state index in [1.807, 2.05) is 31.3 Å². The lowest BCUT2D eigenvalue weighted by atomic mass is 9.98. The summed E-state index contributed by atoms with van der Waals surface area (Å²) >= 11 is 6.02. The van der Waals surface area contributed by atoms with Gasteiger partial charge in [0.25, 0.3) is 0 Å². The number of hydrogen-bond acceptors (Lipinski definition) is 3. The van der Waals surface area contributed by atoms with Crippen LogP contribution in [0.4, 0.5) is 5.69 Å². The van der Waals surface area contributed by atoms with E-state index in [-0.39, 0.29) is 16.0 Å². The van der Waals surface area contributed by atoms with Crippen LogP contribution in [0.2, 0.25) is 5.02 Å². The molecule has 3 rings (SSSR count). The summed E-state index contributed by atoms with van der Waals surface area (Å²) in [4.78, 5) is 2.25. The molecule has 4 nitrogen and oxygen atoms in total. The van der Waals surface area contributed by atoms with Crippen molar-refractivity contribution < 1.29 is 8.42 Å². The maximum Gasteiger partial charge on any atom is 0.242 e. The Morgan fingerprint density at radius 2 is 1.82 bits per heavy atom. The number of fused-ring (bicyclic) bond motifs is 1. The average Bonchev–Trinajstić information content (AvgIpc) is 2.50. The first-order valence-electron chi connectivity index (χ1n) is 7.06. The topological polar surface area (TPSA) is 49.4 Å². The van der Waals surface area contributed by atoms with E-state index < -0.39 is 10.0 Å². The van der Waals surface area contributed by atoms with Gasteiger partial charge in [0.05, 0.1) is 11.1 Å². The molecule has 0 amide bonds. The maximum absolute atomic E-state index is 12.6. The predicted molar refractivity (Wildman–Crippen MR) is 88.8 cm³/mol. The number of anilines is 1. The second kappa shape index (κ2) is 5.91. The monoisotopic (exact) mass is 336 g/mol. The molecule has 1 heterocycles. The molecule has 2 aromatic carbocycles. The van der Waals surface area contributed by atoms with E-state index in [1.54, 1.807) is 18.2 Å². The number of nitrogens with zero attached hydrogens (tertiary/aromatic N) is 1. The Labute approximate surface area is 135 Å². The zero-order valence-corrected chi connectivity index (χ0v) is 13.7. The number of halogens is 1. The molecule has 0 aromatic heterocycles. The van der Waals surface area contributed by atoms with E-state index in [2.05, 4.69) is 9.62 Å². The summed E-state index contributed by atoms with van der Waals surface area (Å²) in [5.74, 6) is 0. The number of rotatable bonds is 3. The van der Waals surface area contributed by atoms with Crippen LogP contribution < -0.4 is 9.62 Å². The summed E-state index contributed by atoms with van der Waals surface area (Å²) in [5, 5.41) is 0.233. The molecule has 0 bridgehead atoms. The lowest BCUT2D eigenvalue weighted by molar-refractivity contribution is 0.529. The minimum Gasteiger partial charge on any atom is -0.374 e. The average molecular weight is 337 g/mol. The Morgan fingerprint density at radius 3 is 2.59 bits per heavy atom. The van der Waals surface area contributed by atoms with Gasteiger partial charge in [-0.05, 0) is 30.2 Å². The van der Waals surface area contributed by atoms with Crippen LogP contribution in [0.5, 0.6) is 0 Å². The Balaban J connectivity index is 1.94. The number of hydrogen-bond donors (Lipinski definition) is 1. The second-order valence-electron chi connectivity index (χ2n) is 5.37. The lowest BCUT2D eigenvalue weighted by Gasteiger charge is -2.33. The van der Waals surface area contributed by atoms with Crippen LogP contribution >= 0.6 is 11.6 Å². The maximum atomic E-state index is 12.6. The fourth-order valence-corrected chi connectivity index (χ4v) is 4.53. The van der Waals surface area contributed by atoms with Gasteiger partial charge in [-0.1, -0.05) is 41.9 Å². The summed E-state index contributed by atoms with van der Waals surface area (Å²) in [5.41, 5.74) is 2.05. The highest BCUT2D eigenvalue weighted by Crippen LogP contribution is 2.34. The number of benzene rings is 2. The molecule has 1 unspecified atom stereocenters. The number of para-hydroxylation sites is 1. The third-order valence-electron chi connectivity index (χ3n) is 3.90. The summed E-state index contributed by atoms with van der Waals surface area (Å²) in [6.07, 6.45) is 0.719. The van der Waals surface area contributed by atoms with E-state index in [4.69, 9.17) is 11.6 Å². The van der Waals surface area contributed by atoms with Crippen molar-refractivity contribution >= 4 is 27.3 Å². The molecule has 1 N–H and O–H groups in total. The Bertz CT molecular complexity index is 792. The van der Waals surface area contributed by atoms with E-state index in [1.165, 1.54) is 6.07 Å². The van der Waals surface area contributed by atoms with Gasteiger partial charge in [-0.15, -0.1) is 0 Å². The van der Waals surface area contributed by atoms with Crippen molar-refractivity contribution in [3.05, 3.63) is 59.1 Å². The molecule has 6 heteroatoms. The predicted octanol–water partition coefficient (Wildman–Crippen LogP) is 3.20. The van der Waals surface area contributed by atoms with Gasteiger partial charge >= 0.3 is 0 Å². The molecule has 1 aliphatic rings. The van der Waals surface area contributed by atoms with E-state index >= 15 is 0 Å². The van der Waals surface area contributed by atoms with Crippen molar-refractivity contribution in [1.82, 2.24) is 4.72 Å². The smallest absolute Gasteiger partial charge is 0.242 e. The van der Waals surface area contributed by atoms with Gasteiger partial charge in [0.15, 0.2) is 0 Å². The molecule has 2 aromatic rings. The molecule has 0 spiro atoms. The molecule has 22 heavy (non-hydrogen) atoms. The van der Waals surface area contributed by atoms with Crippen LogP contribution in [0, 0.1) is 0 Å². The molecule has 1 atom stereocenters. The van der Waals surface area contributed by atoms with Gasteiger partial charge in [-0.3, -0.25) is 0 Å². The van der Waals surface area contributed by atoms with Crippen LogP contribution in [0.3, 0.4) is 0 Å². The Hall–Kier alpha value is -1.56. The summed E-state index contributed by atoms with van der Waals surface area (Å²) in [6, 6.07) is 14.1. The molecule has 0 saturated heterocycles.